The molecule has 0 N–H and O–H groups in total. The zero-order valence-corrected chi connectivity index (χ0v) is 13.0. The van der Waals surface area contributed by atoms with E-state index in [4.69, 9.17) is 0 Å². The van der Waals surface area contributed by atoms with Gasteiger partial charge in [0.1, 0.15) is 0 Å². The Labute approximate surface area is 101 Å². The van der Waals surface area contributed by atoms with Gasteiger partial charge in [0.25, 0.3) is 0 Å². The predicted octanol–water partition coefficient (Wildman–Crippen LogP) is 2.11. The minimum absolute atomic E-state index is 0.105. The van der Waals surface area contributed by atoms with Crippen LogP contribution in [0.5, 0.6) is 0 Å². The van der Waals surface area contributed by atoms with Crippen LogP contribution >= 0.6 is 34.5 Å². The van der Waals surface area contributed by atoms with Crippen LogP contribution in [0.3, 0.4) is 0 Å². The van der Waals surface area contributed by atoms with Crippen LogP contribution < -0.4 is 10.5 Å². The van der Waals surface area contributed by atoms with Crippen molar-refractivity contribution in [3.63, 3.8) is 0 Å². The molecule has 14 heavy (non-hydrogen) atoms. The molecule has 1 rings (SSSR count). The Hall–Kier alpha value is 0.210. The second-order valence-electron chi connectivity index (χ2n) is 3.20. The molecule has 1 aromatic heterocycles. The molecule has 0 saturated heterocycles. The molecule has 0 fully saturated rings. The van der Waals surface area contributed by atoms with Gasteiger partial charge >= 0.3 is 102 Å². The van der Waals surface area contributed by atoms with Gasteiger partial charge in [0.05, 0.1) is 0 Å². The molecule has 0 saturated carbocycles. The third kappa shape index (κ3) is 2.41. The van der Waals surface area contributed by atoms with E-state index in [1.54, 1.807) is 4.57 Å². The summed E-state index contributed by atoms with van der Waals surface area (Å²) in [4.78, 5) is 16.0. The van der Waals surface area contributed by atoms with Crippen molar-refractivity contribution in [2.24, 2.45) is 7.05 Å². The SMILES string of the molecule is CN(C)c1ccc(I(C)I)n(C)c1=O. The average Bonchev–Trinajstić information content (AvgIpc) is 2.08. The molecule has 0 aliphatic carbocycles. The first-order valence-electron chi connectivity index (χ1n) is 4.09. The van der Waals surface area contributed by atoms with Crippen LogP contribution in [0.1, 0.15) is 0 Å². The fourth-order valence-corrected chi connectivity index (χ4v) is 5.84. The average molecular weight is 420 g/mol. The number of rotatable bonds is 2. The molecule has 1 aromatic rings. The summed E-state index contributed by atoms with van der Waals surface area (Å²) in [6.45, 7) is 0. The van der Waals surface area contributed by atoms with Crippen LogP contribution in [-0.4, -0.2) is 23.6 Å². The molecule has 0 radical (unpaired) electrons. The van der Waals surface area contributed by atoms with Crippen LogP contribution in [-0.2, 0) is 7.05 Å². The van der Waals surface area contributed by atoms with E-state index >= 15 is 0 Å². The van der Waals surface area contributed by atoms with E-state index in [2.05, 4.69) is 29.6 Å². The Morgan fingerprint density at radius 2 is 2.00 bits per heavy atom. The molecule has 0 bridgehead atoms. The monoisotopic (exact) mass is 420 g/mol. The van der Waals surface area contributed by atoms with E-state index in [9.17, 15) is 4.79 Å². The van der Waals surface area contributed by atoms with Crippen molar-refractivity contribution in [1.82, 2.24) is 4.57 Å². The van der Waals surface area contributed by atoms with Gasteiger partial charge in [-0.15, -0.1) is 0 Å². The second-order valence-corrected chi connectivity index (χ2v) is 14.8. The van der Waals surface area contributed by atoms with Crippen molar-refractivity contribution < 1.29 is 0 Å². The van der Waals surface area contributed by atoms with Gasteiger partial charge in [-0.25, -0.2) is 0 Å². The molecule has 0 aliphatic heterocycles. The van der Waals surface area contributed by atoms with Gasteiger partial charge in [-0.2, -0.15) is 0 Å². The molecule has 80 valence electrons. The van der Waals surface area contributed by atoms with E-state index in [0.29, 0.717) is 0 Å². The number of anilines is 1. The predicted molar refractivity (Wildman–Crippen MR) is 78.7 cm³/mol. The van der Waals surface area contributed by atoms with E-state index in [1.165, 1.54) is 3.70 Å². The van der Waals surface area contributed by atoms with Gasteiger partial charge < -0.3 is 0 Å². The topological polar surface area (TPSA) is 25.2 Å². The van der Waals surface area contributed by atoms with Crippen molar-refractivity contribution in [3.8, 4) is 0 Å². The summed E-state index contributed by atoms with van der Waals surface area (Å²) in [5, 5.41) is 0. The van der Waals surface area contributed by atoms with Gasteiger partial charge in [0, 0.05) is 0 Å². The van der Waals surface area contributed by atoms with E-state index in [1.807, 2.05) is 32.1 Å². The van der Waals surface area contributed by atoms with Crippen molar-refractivity contribution >= 4 is 40.1 Å². The Morgan fingerprint density at radius 3 is 2.43 bits per heavy atom. The summed E-state index contributed by atoms with van der Waals surface area (Å²) in [5.74, 6) is 0. The molecule has 0 aliphatic rings. The third-order valence-electron chi connectivity index (χ3n) is 1.97. The molecule has 0 amide bonds. The second kappa shape index (κ2) is 4.82. The molecule has 0 atom stereocenters. The number of alkyl halides is 1. The standard InChI is InChI=1S/C9H14I2N2O/c1-11(10)8-6-5-7(12(2)3)9(14)13(8)4/h5-6H,1-4H3. The molecule has 0 spiro atoms. The molecule has 5 heteroatoms. The maximum atomic E-state index is 11.9. The van der Waals surface area contributed by atoms with Crippen LogP contribution in [0.25, 0.3) is 0 Å². The first-order valence-corrected chi connectivity index (χ1v) is 13.6. The summed E-state index contributed by atoms with van der Waals surface area (Å²) >= 11 is 1.37. The number of aromatic nitrogens is 1. The third-order valence-corrected chi connectivity index (χ3v) is 7.38. The Bertz CT molecular complexity index is 385. The number of pyridine rings is 1. The van der Waals surface area contributed by atoms with Gasteiger partial charge in [0.15, 0.2) is 0 Å². The zero-order chi connectivity index (χ0) is 10.9. The molecule has 0 aromatic carbocycles. The van der Waals surface area contributed by atoms with Crippen LogP contribution in [0.2, 0.25) is 0 Å². The van der Waals surface area contributed by atoms with E-state index in [-0.39, 0.29) is 5.56 Å². The molecule has 3 nitrogen and oxygen atoms in total. The fraction of sp³-hybridized carbons (Fsp3) is 0.444. The number of hydrogen-bond acceptors (Lipinski definition) is 2. The summed E-state index contributed by atoms with van der Waals surface area (Å²) in [5.41, 5.74) is 0.860. The maximum absolute atomic E-state index is 11.9. The van der Waals surface area contributed by atoms with E-state index < -0.39 is 15.8 Å². The minimum atomic E-state index is -1.10. The van der Waals surface area contributed by atoms with Crippen LogP contribution in [0, 0.1) is 3.70 Å². The van der Waals surface area contributed by atoms with Gasteiger partial charge in [-0.1, -0.05) is 0 Å². The Morgan fingerprint density at radius 1 is 1.43 bits per heavy atom. The number of hydrogen-bond donors (Lipinski definition) is 0. The van der Waals surface area contributed by atoms with Gasteiger partial charge in [-0.3, -0.25) is 0 Å². The van der Waals surface area contributed by atoms with Crippen molar-refractivity contribution in [3.05, 3.63) is 26.2 Å². The van der Waals surface area contributed by atoms with Crippen molar-refractivity contribution in [1.29, 1.82) is 0 Å². The van der Waals surface area contributed by atoms with Gasteiger partial charge in [0.2, 0.25) is 0 Å². The van der Waals surface area contributed by atoms with E-state index in [0.717, 1.165) is 5.69 Å². The first kappa shape index (κ1) is 12.3. The van der Waals surface area contributed by atoms with Crippen LogP contribution in [0.4, 0.5) is 5.69 Å². The van der Waals surface area contributed by atoms with Crippen molar-refractivity contribution in [2.45, 2.75) is 0 Å². The van der Waals surface area contributed by atoms with Crippen molar-refractivity contribution in [2.75, 3.05) is 23.9 Å². The van der Waals surface area contributed by atoms with Gasteiger partial charge in [-0.05, 0) is 0 Å². The summed E-state index contributed by atoms with van der Waals surface area (Å²) in [7, 11) is 5.64. The normalized spacial score (nSPS) is 11.4. The Balaban J connectivity index is 3.34. The quantitative estimate of drug-likeness (QED) is 0.416. The first-order chi connectivity index (χ1) is 6.45. The summed E-state index contributed by atoms with van der Waals surface area (Å²) in [6.07, 6.45) is 0. The summed E-state index contributed by atoms with van der Waals surface area (Å²) < 4.78 is 3.00. The Kier molecular flexibility index (Phi) is 4.23. The molecular formula is C9H14I2N2O. The number of halogens is 2. The molecule has 0 unspecified atom stereocenters. The number of nitrogens with zero attached hydrogens (tertiary/aromatic N) is 2. The molecular weight excluding hydrogens is 406 g/mol. The van der Waals surface area contributed by atoms with Crippen LogP contribution in [0.15, 0.2) is 16.9 Å². The molecule has 1 heterocycles. The fourth-order valence-electron chi connectivity index (χ4n) is 1.20. The zero-order valence-electron chi connectivity index (χ0n) is 8.71. The summed E-state index contributed by atoms with van der Waals surface area (Å²) in [6, 6.07) is 4.00.